The second-order valence-corrected chi connectivity index (χ2v) is 5.43. The predicted molar refractivity (Wildman–Crippen MR) is 108 cm³/mol. The van der Waals surface area contributed by atoms with Crippen molar-refractivity contribution in [2.75, 3.05) is 26.7 Å². The lowest BCUT2D eigenvalue weighted by molar-refractivity contribution is -0.154. The van der Waals surface area contributed by atoms with Gasteiger partial charge in [-0.05, 0) is 25.3 Å². The van der Waals surface area contributed by atoms with Crippen LogP contribution in [0.2, 0.25) is 0 Å². The van der Waals surface area contributed by atoms with E-state index in [1.54, 1.807) is 6.07 Å². The monoisotopic (exact) mass is 486 g/mol. The van der Waals surface area contributed by atoms with Crippen molar-refractivity contribution in [3.63, 3.8) is 0 Å². The number of guanidine groups is 1. The summed E-state index contributed by atoms with van der Waals surface area (Å²) >= 11 is 0. The van der Waals surface area contributed by atoms with Gasteiger partial charge in [-0.25, -0.2) is 9.98 Å². The van der Waals surface area contributed by atoms with Gasteiger partial charge in [0.2, 0.25) is 5.88 Å². The Kier molecular flexibility index (Phi) is 12.0. The predicted octanol–water partition coefficient (Wildman–Crippen LogP) is 4.00. The van der Waals surface area contributed by atoms with Gasteiger partial charge in [0.1, 0.15) is 0 Å². The molecule has 0 spiro atoms. The number of pyridine rings is 1. The van der Waals surface area contributed by atoms with Crippen molar-refractivity contribution < 1.29 is 17.9 Å². The third-order valence-electron chi connectivity index (χ3n) is 3.19. The maximum absolute atomic E-state index is 12.1. The largest absolute Gasteiger partial charge is 0.468 e. The fourth-order valence-electron chi connectivity index (χ4n) is 1.96. The normalized spacial score (nSPS) is 11.5. The van der Waals surface area contributed by atoms with Crippen molar-refractivity contribution in [3.8, 4) is 5.88 Å². The molecule has 0 amide bonds. The van der Waals surface area contributed by atoms with Gasteiger partial charge in [0, 0.05) is 32.4 Å². The van der Waals surface area contributed by atoms with Crippen LogP contribution in [0.3, 0.4) is 0 Å². The fourth-order valence-corrected chi connectivity index (χ4v) is 1.96. The van der Waals surface area contributed by atoms with Gasteiger partial charge in [-0.15, -0.1) is 30.6 Å². The lowest BCUT2D eigenvalue weighted by Crippen LogP contribution is -2.39. The van der Waals surface area contributed by atoms with Gasteiger partial charge in [-0.2, -0.15) is 13.2 Å². The number of aliphatic imine (C=N–C) groups is 1. The Bertz CT molecular complexity index is 550. The number of nitrogens with zero attached hydrogens (tertiary/aromatic N) is 3. The number of halogens is 4. The van der Waals surface area contributed by atoms with E-state index in [1.165, 1.54) is 12.3 Å². The molecule has 0 aliphatic carbocycles. The summed E-state index contributed by atoms with van der Waals surface area (Å²) in [6, 6.07) is 3.07. The minimum Gasteiger partial charge on any atom is -0.468 e. The van der Waals surface area contributed by atoms with E-state index >= 15 is 0 Å². The highest BCUT2D eigenvalue weighted by molar-refractivity contribution is 14.0. The molecule has 1 aromatic heterocycles. The summed E-state index contributed by atoms with van der Waals surface area (Å²) in [6.07, 6.45) is 0.897. The average molecular weight is 486 g/mol. The maximum Gasteiger partial charge on any atom is 0.422 e. The summed E-state index contributed by atoms with van der Waals surface area (Å²) in [5, 5.41) is 3.21. The zero-order chi connectivity index (χ0) is 18.7. The quantitative estimate of drug-likeness (QED) is 0.189. The van der Waals surface area contributed by atoms with Crippen LogP contribution >= 0.6 is 24.0 Å². The standard InChI is InChI=1S/C17H25F3N4O.HI/c1-4-6-7-10-24(3)16(21-5-2)23-12-14-8-9-15(22-11-14)25-13-17(18,19)20;/h4,8-9,11H,1,5-7,10,12-13H2,2-3H3,(H,21,23);1H. The Morgan fingerprint density at radius 1 is 1.42 bits per heavy atom. The van der Waals surface area contributed by atoms with E-state index in [0.29, 0.717) is 6.54 Å². The zero-order valence-corrected chi connectivity index (χ0v) is 17.4. The highest BCUT2D eigenvalue weighted by Crippen LogP contribution is 2.17. The van der Waals surface area contributed by atoms with Crippen molar-refractivity contribution >= 4 is 29.9 Å². The molecule has 5 nitrogen and oxygen atoms in total. The molecule has 0 atom stereocenters. The van der Waals surface area contributed by atoms with E-state index in [2.05, 4.69) is 26.6 Å². The molecule has 1 N–H and O–H groups in total. The highest BCUT2D eigenvalue weighted by atomic mass is 127. The second-order valence-electron chi connectivity index (χ2n) is 5.43. The van der Waals surface area contributed by atoms with Gasteiger partial charge in [0.15, 0.2) is 12.6 Å². The van der Waals surface area contributed by atoms with E-state index in [-0.39, 0.29) is 29.9 Å². The van der Waals surface area contributed by atoms with Crippen molar-refractivity contribution in [2.24, 2.45) is 4.99 Å². The highest BCUT2D eigenvalue weighted by Gasteiger charge is 2.28. The van der Waals surface area contributed by atoms with Crippen molar-refractivity contribution in [3.05, 3.63) is 36.5 Å². The summed E-state index contributed by atoms with van der Waals surface area (Å²) in [7, 11) is 1.96. The lowest BCUT2D eigenvalue weighted by Gasteiger charge is -2.21. The Hall–Kier alpha value is -1.52. The number of rotatable bonds is 9. The lowest BCUT2D eigenvalue weighted by atomic mass is 10.3. The molecule has 1 rings (SSSR count). The molecule has 148 valence electrons. The van der Waals surface area contributed by atoms with Crippen LogP contribution in [-0.4, -0.2) is 48.8 Å². The van der Waals surface area contributed by atoms with Gasteiger partial charge in [-0.1, -0.05) is 12.1 Å². The molecule has 0 unspecified atom stereocenters. The first kappa shape index (κ1) is 24.5. The molecular formula is C17H26F3IN4O. The van der Waals surface area contributed by atoms with Crippen LogP contribution in [0.1, 0.15) is 25.3 Å². The van der Waals surface area contributed by atoms with Gasteiger partial charge >= 0.3 is 6.18 Å². The molecule has 26 heavy (non-hydrogen) atoms. The van der Waals surface area contributed by atoms with Crippen LogP contribution < -0.4 is 10.1 Å². The summed E-state index contributed by atoms with van der Waals surface area (Å²) in [4.78, 5) is 10.4. The van der Waals surface area contributed by atoms with Gasteiger partial charge in [-0.3, -0.25) is 0 Å². The molecule has 1 heterocycles. The van der Waals surface area contributed by atoms with Crippen molar-refractivity contribution in [2.45, 2.75) is 32.5 Å². The Morgan fingerprint density at radius 2 is 2.15 bits per heavy atom. The second kappa shape index (κ2) is 12.8. The van der Waals surface area contributed by atoms with Crippen LogP contribution in [0.5, 0.6) is 5.88 Å². The first-order valence-corrected chi connectivity index (χ1v) is 8.10. The van der Waals surface area contributed by atoms with Crippen LogP contribution in [0.25, 0.3) is 0 Å². The number of hydrogen-bond acceptors (Lipinski definition) is 3. The minimum absolute atomic E-state index is 0. The third kappa shape index (κ3) is 10.5. The summed E-state index contributed by atoms with van der Waals surface area (Å²) in [5.74, 6) is 0.711. The SMILES string of the molecule is C=CCCCN(C)C(=NCc1ccc(OCC(F)(F)F)nc1)NCC.I. The molecule has 0 aliphatic rings. The molecule has 9 heteroatoms. The molecule has 0 aliphatic heterocycles. The van der Waals surface area contributed by atoms with Crippen LogP contribution in [0.15, 0.2) is 36.0 Å². The first-order chi connectivity index (χ1) is 11.9. The third-order valence-corrected chi connectivity index (χ3v) is 3.19. The maximum atomic E-state index is 12.1. The van der Waals surface area contributed by atoms with Gasteiger partial charge < -0.3 is 15.0 Å². The fraction of sp³-hybridized carbons (Fsp3) is 0.529. The number of alkyl halides is 3. The smallest absolute Gasteiger partial charge is 0.422 e. The van der Waals surface area contributed by atoms with Gasteiger partial charge in [0.05, 0.1) is 6.54 Å². The Labute approximate surface area is 169 Å². The summed E-state index contributed by atoms with van der Waals surface area (Å²) in [5.41, 5.74) is 0.786. The van der Waals surface area contributed by atoms with Crippen LogP contribution in [-0.2, 0) is 6.54 Å². The number of ether oxygens (including phenoxy) is 1. The number of allylic oxidation sites excluding steroid dienone is 1. The van der Waals surface area contributed by atoms with Crippen LogP contribution in [0.4, 0.5) is 13.2 Å². The molecule has 1 aromatic rings. The summed E-state index contributed by atoms with van der Waals surface area (Å²) < 4.78 is 40.9. The molecule has 0 saturated heterocycles. The first-order valence-electron chi connectivity index (χ1n) is 8.10. The van der Waals surface area contributed by atoms with E-state index in [1.807, 2.05) is 24.9 Å². The molecule has 0 radical (unpaired) electrons. The van der Waals surface area contributed by atoms with Crippen molar-refractivity contribution in [1.29, 1.82) is 0 Å². The molecule has 0 aromatic carbocycles. The van der Waals surface area contributed by atoms with E-state index in [9.17, 15) is 13.2 Å². The van der Waals surface area contributed by atoms with Crippen molar-refractivity contribution in [1.82, 2.24) is 15.2 Å². The Balaban J connectivity index is 0.00000625. The number of nitrogens with one attached hydrogen (secondary N) is 1. The van der Waals surface area contributed by atoms with Crippen LogP contribution in [0, 0.1) is 0 Å². The minimum atomic E-state index is -4.37. The number of aromatic nitrogens is 1. The number of unbranched alkanes of at least 4 members (excludes halogenated alkanes) is 1. The van der Waals surface area contributed by atoms with E-state index in [4.69, 9.17) is 0 Å². The molecule has 0 bridgehead atoms. The molecular weight excluding hydrogens is 460 g/mol. The average Bonchev–Trinajstić information content (AvgIpc) is 2.57. The molecule has 0 saturated carbocycles. The summed E-state index contributed by atoms with van der Waals surface area (Å²) in [6.45, 7) is 6.31. The van der Waals surface area contributed by atoms with E-state index < -0.39 is 12.8 Å². The Morgan fingerprint density at radius 3 is 2.69 bits per heavy atom. The topological polar surface area (TPSA) is 49.8 Å². The zero-order valence-electron chi connectivity index (χ0n) is 15.1. The number of hydrogen-bond donors (Lipinski definition) is 1. The molecule has 0 fully saturated rings. The van der Waals surface area contributed by atoms with E-state index in [0.717, 1.165) is 37.5 Å². The van der Waals surface area contributed by atoms with Gasteiger partial charge in [0.25, 0.3) is 0 Å².